The molecule has 0 aliphatic rings. The van der Waals surface area contributed by atoms with Crippen LogP contribution in [0.1, 0.15) is 43.4 Å². The molecule has 0 aliphatic carbocycles. The van der Waals surface area contributed by atoms with Crippen LogP contribution >= 0.6 is 11.3 Å². The van der Waals surface area contributed by atoms with Gasteiger partial charge >= 0.3 is 6.01 Å². The Kier molecular flexibility index (Phi) is 3.24. The van der Waals surface area contributed by atoms with Gasteiger partial charge in [-0.25, -0.2) is 0 Å². The molecule has 86 valence electrons. The van der Waals surface area contributed by atoms with E-state index >= 15 is 0 Å². The van der Waals surface area contributed by atoms with Gasteiger partial charge in [0.2, 0.25) is 0 Å². The second-order valence-electron chi connectivity index (χ2n) is 3.99. The fourth-order valence-electron chi connectivity index (χ4n) is 1.32. The van der Waals surface area contributed by atoms with Crippen molar-refractivity contribution >= 4 is 17.4 Å². The summed E-state index contributed by atoms with van der Waals surface area (Å²) in [6.45, 7) is 6.15. The predicted molar refractivity (Wildman–Crippen MR) is 64.7 cm³/mol. The Morgan fingerprint density at radius 1 is 1.38 bits per heavy atom. The minimum absolute atomic E-state index is 0.195. The van der Waals surface area contributed by atoms with E-state index < -0.39 is 0 Å². The van der Waals surface area contributed by atoms with E-state index in [0.717, 1.165) is 5.82 Å². The maximum Gasteiger partial charge on any atom is 0.321 e. The van der Waals surface area contributed by atoms with Crippen LogP contribution in [0.4, 0.5) is 6.01 Å². The minimum Gasteiger partial charge on any atom is -0.330 e. The highest BCUT2D eigenvalue weighted by Crippen LogP contribution is 2.22. The highest BCUT2D eigenvalue weighted by atomic mass is 32.1. The Balaban J connectivity index is 2.03. The third kappa shape index (κ3) is 2.41. The van der Waals surface area contributed by atoms with Gasteiger partial charge in [0.1, 0.15) is 0 Å². The summed E-state index contributed by atoms with van der Waals surface area (Å²) in [6.07, 6.45) is 0. The van der Waals surface area contributed by atoms with Crippen molar-refractivity contribution in [3.05, 3.63) is 28.2 Å². The largest absolute Gasteiger partial charge is 0.330 e. The van der Waals surface area contributed by atoms with E-state index in [4.69, 9.17) is 4.52 Å². The van der Waals surface area contributed by atoms with Crippen LogP contribution in [-0.2, 0) is 0 Å². The van der Waals surface area contributed by atoms with Crippen molar-refractivity contribution in [3.8, 4) is 0 Å². The van der Waals surface area contributed by atoms with E-state index in [1.165, 1.54) is 4.88 Å². The maximum atomic E-state index is 5.13. The maximum absolute atomic E-state index is 5.13. The third-order valence-corrected chi connectivity index (χ3v) is 3.32. The molecule has 0 radical (unpaired) electrons. The molecule has 2 rings (SSSR count). The van der Waals surface area contributed by atoms with Gasteiger partial charge in [-0.3, -0.25) is 0 Å². The third-order valence-electron chi connectivity index (χ3n) is 2.27. The van der Waals surface area contributed by atoms with Gasteiger partial charge in [-0.1, -0.05) is 25.1 Å². The lowest BCUT2D eigenvalue weighted by Crippen LogP contribution is -2.05. The minimum atomic E-state index is 0.195. The van der Waals surface area contributed by atoms with E-state index in [-0.39, 0.29) is 12.0 Å². The topological polar surface area (TPSA) is 51.0 Å². The molecule has 0 aliphatic heterocycles. The standard InChI is InChI=1S/C11H15N3OS/c1-7(2)10-13-11(15-14-10)12-8(3)9-5-4-6-16-9/h4-8H,1-3H3,(H,12,13,14). The SMILES string of the molecule is CC(C)c1noc(NC(C)c2cccs2)n1. The van der Waals surface area contributed by atoms with Crippen LogP contribution in [0.3, 0.4) is 0 Å². The monoisotopic (exact) mass is 237 g/mol. The molecule has 0 aromatic carbocycles. The zero-order valence-corrected chi connectivity index (χ0v) is 10.4. The number of rotatable bonds is 4. The molecule has 5 heteroatoms. The molecule has 0 saturated carbocycles. The second kappa shape index (κ2) is 4.65. The van der Waals surface area contributed by atoms with Gasteiger partial charge in [-0.05, 0) is 18.4 Å². The molecule has 2 aromatic rings. The summed E-state index contributed by atoms with van der Waals surface area (Å²) in [5.41, 5.74) is 0. The number of nitrogens with one attached hydrogen (secondary N) is 1. The van der Waals surface area contributed by atoms with Crippen LogP contribution in [0.25, 0.3) is 0 Å². The van der Waals surface area contributed by atoms with Crippen LogP contribution in [0.15, 0.2) is 22.0 Å². The number of nitrogens with zero attached hydrogens (tertiary/aromatic N) is 2. The predicted octanol–water partition coefficient (Wildman–Crippen LogP) is 3.43. The van der Waals surface area contributed by atoms with Crippen molar-refractivity contribution in [2.75, 3.05) is 5.32 Å². The lowest BCUT2D eigenvalue weighted by Gasteiger charge is -2.08. The molecular weight excluding hydrogens is 222 g/mol. The van der Waals surface area contributed by atoms with Gasteiger partial charge in [0.15, 0.2) is 5.82 Å². The Morgan fingerprint density at radius 3 is 2.75 bits per heavy atom. The first kappa shape index (κ1) is 11.1. The van der Waals surface area contributed by atoms with Gasteiger partial charge in [-0.15, -0.1) is 11.3 Å². The van der Waals surface area contributed by atoms with Gasteiger partial charge in [-0.2, -0.15) is 4.98 Å². The van der Waals surface area contributed by atoms with E-state index in [1.54, 1.807) is 11.3 Å². The first-order valence-corrected chi connectivity index (χ1v) is 6.18. The lowest BCUT2D eigenvalue weighted by atomic mass is 10.2. The smallest absolute Gasteiger partial charge is 0.321 e. The average molecular weight is 237 g/mol. The molecule has 2 heterocycles. The summed E-state index contributed by atoms with van der Waals surface area (Å²) in [5.74, 6) is 1.03. The fourth-order valence-corrected chi connectivity index (χ4v) is 2.06. The van der Waals surface area contributed by atoms with E-state index in [9.17, 15) is 0 Å². The normalized spacial score (nSPS) is 13.0. The summed E-state index contributed by atoms with van der Waals surface area (Å²) in [5, 5.41) is 9.15. The van der Waals surface area contributed by atoms with Crippen LogP contribution in [-0.4, -0.2) is 10.1 Å². The number of aromatic nitrogens is 2. The average Bonchev–Trinajstić information content (AvgIpc) is 2.87. The Bertz CT molecular complexity index is 436. The van der Waals surface area contributed by atoms with Crippen molar-refractivity contribution in [1.82, 2.24) is 10.1 Å². The van der Waals surface area contributed by atoms with Crippen LogP contribution < -0.4 is 5.32 Å². The molecule has 0 spiro atoms. The summed E-state index contributed by atoms with van der Waals surface area (Å²) in [7, 11) is 0. The summed E-state index contributed by atoms with van der Waals surface area (Å²) < 4.78 is 5.13. The molecule has 4 nitrogen and oxygen atoms in total. The molecule has 1 atom stereocenters. The van der Waals surface area contributed by atoms with Crippen molar-refractivity contribution in [3.63, 3.8) is 0 Å². The first-order valence-electron chi connectivity index (χ1n) is 5.30. The molecule has 0 fully saturated rings. The van der Waals surface area contributed by atoms with Crippen LogP contribution in [0.5, 0.6) is 0 Å². The zero-order valence-electron chi connectivity index (χ0n) is 9.60. The molecule has 1 N–H and O–H groups in total. The summed E-state index contributed by atoms with van der Waals surface area (Å²) in [4.78, 5) is 5.53. The highest BCUT2D eigenvalue weighted by molar-refractivity contribution is 7.10. The quantitative estimate of drug-likeness (QED) is 0.885. The van der Waals surface area contributed by atoms with Crippen molar-refractivity contribution in [2.45, 2.75) is 32.7 Å². The first-order chi connectivity index (χ1) is 7.66. The molecule has 16 heavy (non-hydrogen) atoms. The summed E-state index contributed by atoms with van der Waals surface area (Å²) >= 11 is 1.71. The van der Waals surface area contributed by atoms with Gasteiger partial charge in [0.25, 0.3) is 0 Å². The molecule has 2 aromatic heterocycles. The molecule has 0 amide bonds. The van der Waals surface area contributed by atoms with Crippen LogP contribution in [0.2, 0.25) is 0 Å². The van der Waals surface area contributed by atoms with E-state index in [2.05, 4.69) is 33.8 Å². The summed E-state index contributed by atoms with van der Waals surface area (Å²) in [6, 6.07) is 4.80. The second-order valence-corrected chi connectivity index (χ2v) is 4.97. The van der Waals surface area contributed by atoms with Crippen LogP contribution in [0, 0.1) is 0 Å². The molecular formula is C11H15N3OS. The molecule has 1 unspecified atom stereocenters. The van der Waals surface area contributed by atoms with Crippen molar-refractivity contribution < 1.29 is 4.52 Å². The lowest BCUT2D eigenvalue weighted by molar-refractivity contribution is 0.417. The Labute approximate surface area is 98.7 Å². The Hall–Kier alpha value is -1.36. The number of thiophene rings is 1. The van der Waals surface area contributed by atoms with E-state index in [1.807, 2.05) is 19.9 Å². The number of hydrogen-bond donors (Lipinski definition) is 1. The number of hydrogen-bond acceptors (Lipinski definition) is 5. The fraction of sp³-hybridized carbons (Fsp3) is 0.455. The van der Waals surface area contributed by atoms with Crippen molar-refractivity contribution in [1.29, 1.82) is 0 Å². The van der Waals surface area contributed by atoms with Gasteiger partial charge < -0.3 is 9.84 Å². The highest BCUT2D eigenvalue weighted by Gasteiger charge is 2.12. The number of anilines is 1. The van der Waals surface area contributed by atoms with Gasteiger partial charge in [0.05, 0.1) is 6.04 Å². The van der Waals surface area contributed by atoms with Crippen molar-refractivity contribution in [2.24, 2.45) is 0 Å². The molecule has 0 bridgehead atoms. The molecule has 0 saturated heterocycles. The van der Waals surface area contributed by atoms with Gasteiger partial charge in [0, 0.05) is 10.8 Å². The van der Waals surface area contributed by atoms with E-state index in [0.29, 0.717) is 6.01 Å². The Morgan fingerprint density at radius 2 is 2.19 bits per heavy atom. The zero-order chi connectivity index (χ0) is 11.5.